The fourth-order valence-electron chi connectivity index (χ4n) is 4.58. The van der Waals surface area contributed by atoms with Crippen molar-refractivity contribution in [2.45, 2.75) is 63.7 Å². The van der Waals surface area contributed by atoms with Gasteiger partial charge in [0, 0.05) is 5.92 Å². The first-order chi connectivity index (χ1) is 12.7. The van der Waals surface area contributed by atoms with Crippen LogP contribution in [0, 0.1) is 0 Å². The third-order valence-corrected chi connectivity index (χ3v) is 6.57. The predicted octanol–water partition coefficient (Wildman–Crippen LogP) is 5.45. The molecule has 3 nitrogen and oxygen atoms in total. The Balaban J connectivity index is 1.67. The second-order valence-corrected chi connectivity index (χ2v) is 9.41. The molecule has 1 atom stereocenters. The molecule has 0 aromatic heterocycles. The maximum atomic E-state index is 11.2. The molecule has 1 N–H and O–H groups in total. The van der Waals surface area contributed by atoms with E-state index in [2.05, 4.69) is 45.9 Å². The van der Waals surface area contributed by atoms with Gasteiger partial charge in [-0.2, -0.15) is 0 Å². The second-order valence-electron chi connectivity index (χ2n) is 9.41. The summed E-state index contributed by atoms with van der Waals surface area (Å²) in [6.45, 7) is 10.00. The molecule has 0 spiro atoms. The van der Waals surface area contributed by atoms with Crippen molar-refractivity contribution < 1.29 is 14.6 Å². The summed E-state index contributed by atoms with van der Waals surface area (Å²) < 4.78 is 5.95. The smallest absolute Gasteiger partial charge is 0.335 e. The van der Waals surface area contributed by atoms with Crippen LogP contribution >= 0.6 is 0 Å². The molecule has 2 aromatic rings. The molecule has 1 heterocycles. The van der Waals surface area contributed by atoms with Gasteiger partial charge in [-0.1, -0.05) is 52.0 Å². The van der Waals surface area contributed by atoms with Crippen LogP contribution in [-0.4, -0.2) is 17.7 Å². The number of hydrogen-bond donors (Lipinski definition) is 1. The van der Waals surface area contributed by atoms with Gasteiger partial charge in [-0.05, 0) is 64.5 Å². The Morgan fingerprint density at radius 2 is 1.70 bits per heavy atom. The van der Waals surface area contributed by atoms with Crippen molar-refractivity contribution in [3.8, 4) is 5.75 Å². The molecule has 27 heavy (non-hydrogen) atoms. The number of carboxylic acids is 1. The van der Waals surface area contributed by atoms with E-state index in [0.717, 1.165) is 12.0 Å². The van der Waals surface area contributed by atoms with E-state index in [0.29, 0.717) is 18.3 Å². The molecule has 1 unspecified atom stereocenters. The predicted molar refractivity (Wildman–Crippen MR) is 107 cm³/mol. The van der Waals surface area contributed by atoms with Gasteiger partial charge in [0.15, 0.2) is 0 Å². The lowest BCUT2D eigenvalue weighted by Gasteiger charge is -2.42. The van der Waals surface area contributed by atoms with Crippen LogP contribution in [0.1, 0.15) is 79.1 Å². The van der Waals surface area contributed by atoms with Gasteiger partial charge >= 0.3 is 5.97 Å². The third-order valence-electron chi connectivity index (χ3n) is 6.57. The van der Waals surface area contributed by atoms with Crippen molar-refractivity contribution in [1.82, 2.24) is 0 Å². The maximum absolute atomic E-state index is 11.2. The maximum Gasteiger partial charge on any atom is 0.335 e. The normalized spacial score (nSPS) is 22.3. The molecular weight excluding hydrogens is 336 g/mol. The lowest BCUT2D eigenvalue weighted by molar-refractivity contribution is 0.0696. The molecule has 0 bridgehead atoms. The van der Waals surface area contributed by atoms with Crippen molar-refractivity contribution in [2.75, 3.05) is 6.61 Å². The van der Waals surface area contributed by atoms with Crippen LogP contribution < -0.4 is 4.74 Å². The van der Waals surface area contributed by atoms with Crippen molar-refractivity contribution in [3.05, 3.63) is 64.2 Å². The highest BCUT2D eigenvalue weighted by molar-refractivity contribution is 5.88. The van der Waals surface area contributed by atoms with Gasteiger partial charge in [-0.3, -0.25) is 0 Å². The van der Waals surface area contributed by atoms with Gasteiger partial charge in [0.05, 0.1) is 12.2 Å². The van der Waals surface area contributed by atoms with Crippen molar-refractivity contribution in [2.24, 2.45) is 0 Å². The van der Waals surface area contributed by atoms with Crippen LogP contribution in [-0.2, 0) is 17.3 Å². The summed E-state index contributed by atoms with van der Waals surface area (Å²) in [5.41, 5.74) is 6.08. The zero-order chi connectivity index (χ0) is 19.4. The van der Waals surface area contributed by atoms with Crippen LogP contribution in [0.5, 0.6) is 5.75 Å². The Morgan fingerprint density at radius 3 is 2.41 bits per heavy atom. The number of aromatic carboxylic acids is 1. The first-order valence-electron chi connectivity index (χ1n) is 9.81. The minimum absolute atomic E-state index is 0.199. The summed E-state index contributed by atoms with van der Waals surface area (Å²) in [7, 11) is 0. The molecule has 1 aliphatic carbocycles. The number of hydrogen-bond acceptors (Lipinski definition) is 2. The standard InChI is InChI=1S/C24H28O3/c1-23(2)9-10-24(3,4)20-12-15(7-8-19(20)23)18-11-16-5-6-17(22(25)26)13-21(16)27-14-18/h5-8,12-13,18H,9-11,14H2,1-4H3,(H,25,26). The molecular formula is C24H28O3. The minimum atomic E-state index is -0.914. The van der Waals surface area contributed by atoms with E-state index in [9.17, 15) is 4.79 Å². The number of ether oxygens (including phenoxy) is 1. The van der Waals surface area contributed by atoms with Crippen molar-refractivity contribution in [1.29, 1.82) is 0 Å². The van der Waals surface area contributed by atoms with Gasteiger partial charge < -0.3 is 9.84 Å². The van der Waals surface area contributed by atoms with Crippen LogP contribution in [0.3, 0.4) is 0 Å². The Kier molecular flexibility index (Phi) is 4.10. The van der Waals surface area contributed by atoms with Gasteiger partial charge in [0.25, 0.3) is 0 Å². The molecule has 4 rings (SSSR count). The van der Waals surface area contributed by atoms with Gasteiger partial charge in [-0.15, -0.1) is 0 Å². The molecule has 3 heteroatoms. The first kappa shape index (κ1) is 18.1. The van der Waals surface area contributed by atoms with E-state index >= 15 is 0 Å². The lowest BCUT2D eigenvalue weighted by atomic mass is 9.62. The highest BCUT2D eigenvalue weighted by Crippen LogP contribution is 2.47. The van der Waals surface area contributed by atoms with Gasteiger partial charge in [0.2, 0.25) is 0 Å². The van der Waals surface area contributed by atoms with Gasteiger partial charge in [0.1, 0.15) is 5.75 Å². The summed E-state index contributed by atoms with van der Waals surface area (Å²) in [6.07, 6.45) is 3.31. The second kappa shape index (κ2) is 6.12. The number of carbonyl (C=O) groups is 1. The van der Waals surface area contributed by atoms with Crippen molar-refractivity contribution >= 4 is 5.97 Å². The Hall–Kier alpha value is -2.29. The number of carboxylic acid groups (broad SMARTS) is 1. The topological polar surface area (TPSA) is 46.5 Å². The van der Waals surface area contributed by atoms with Crippen LogP contribution in [0.15, 0.2) is 36.4 Å². The Bertz CT molecular complexity index is 908. The molecule has 0 radical (unpaired) electrons. The average Bonchev–Trinajstić information content (AvgIpc) is 2.64. The molecule has 0 fully saturated rings. The number of rotatable bonds is 2. The van der Waals surface area contributed by atoms with E-state index in [1.807, 2.05) is 6.07 Å². The summed E-state index contributed by atoms with van der Waals surface area (Å²) >= 11 is 0. The Morgan fingerprint density at radius 1 is 1.00 bits per heavy atom. The summed E-state index contributed by atoms with van der Waals surface area (Å²) in [6, 6.07) is 12.2. The molecule has 0 saturated carbocycles. The number of benzene rings is 2. The molecule has 0 saturated heterocycles. The van der Waals surface area contributed by atoms with Gasteiger partial charge in [-0.25, -0.2) is 4.79 Å². The van der Waals surface area contributed by atoms with E-state index in [1.54, 1.807) is 12.1 Å². The highest BCUT2D eigenvalue weighted by atomic mass is 16.5. The molecule has 2 aromatic carbocycles. The van der Waals surface area contributed by atoms with E-state index < -0.39 is 5.97 Å². The van der Waals surface area contributed by atoms with E-state index in [-0.39, 0.29) is 16.4 Å². The SMILES string of the molecule is CC1(C)CCC(C)(C)c2cc(C3COc4cc(C(=O)O)ccc4C3)ccc21. The van der Waals surface area contributed by atoms with E-state index in [1.165, 1.54) is 29.5 Å². The number of fused-ring (bicyclic) bond motifs is 2. The highest BCUT2D eigenvalue weighted by Gasteiger charge is 2.37. The molecule has 1 aliphatic heterocycles. The Labute approximate surface area is 161 Å². The average molecular weight is 364 g/mol. The quantitative estimate of drug-likeness (QED) is 0.770. The fourth-order valence-corrected chi connectivity index (χ4v) is 4.58. The largest absolute Gasteiger partial charge is 0.493 e. The fraction of sp³-hybridized carbons (Fsp3) is 0.458. The first-order valence-corrected chi connectivity index (χ1v) is 9.81. The lowest BCUT2D eigenvalue weighted by Crippen LogP contribution is -2.34. The summed E-state index contributed by atoms with van der Waals surface area (Å²) in [4.78, 5) is 11.2. The molecule has 2 aliphatic rings. The van der Waals surface area contributed by atoms with Crippen LogP contribution in [0.4, 0.5) is 0 Å². The zero-order valence-corrected chi connectivity index (χ0v) is 16.6. The minimum Gasteiger partial charge on any atom is -0.493 e. The van der Waals surface area contributed by atoms with Crippen LogP contribution in [0.25, 0.3) is 0 Å². The monoisotopic (exact) mass is 364 g/mol. The third kappa shape index (κ3) is 3.13. The summed E-state index contributed by atoms with van der Waals surface area (Å²) in [5.74, 6) is 0.105. The zero-order valence-electron chi connectivity index (χ0n) is 16.6. The molecule has 142 valence electrons. The summed E-state index contributed by atoms with van der Waals surface area (Å²) in [5, 5.41) is 9.16. The van der Waals surface area contributed by atoms with E-state index in [4.69, 9.17) is 9.84 Å². The molecule has 0 amide bonds. The van der Waals surface area contributed by atoms with Crippen LogP contribution in [0.2, 0.25) is 0 Å². The van der Waals surface area contributed by atoms with Crippen molar-refractivity contribution in [3.63, 3.8) is 0 Å².